The van der Waals surface area contributed by atoms with Crippen molar-refractivity contribution in [2.24, 2.45) is 0 Å². The first-order valence-electron chi connectivity index (χ1n) is 11.9. The number of amides is 1. The van der Waals surface area contributed by atoms with E-state index in [-0.39, 0.29) is 11.7 Å². The minimum Gasteiger partial charge on any atom is -0.369 e. The third kappa shape index (κ3) is 4.67. The maximum Gasteiger partial charge on any atom is 0.237 e. The minimum atomic E-state index is -0.964. The number of carbonyl (C=O) groups is 2. The van der Waals surface area contributed by atoms with Gasteiger partial charge in [-0.1, -0.05) is 47.5 Å². The Balaban J connectivity index is 1.46. The zero-order valence-electron chi connectivity index (χ0n) is 19.9. The van der Waals surface area contributed by atoms with Gasteiger partial charge < -0.3 is 9.80 Å². The van der Waals surface area contributed by atoms with Gasteiger partial charge in [0.1, 0.15) is 5.54 Å². The number of anilines is 1. The van der Waals surface area contributed by atoms with Gasteiger partial charge in [-0.05, 0) is 50.8 Å². The Labute approximate surface area is 202 Å². The molecule has 176 valence electrons. The molecular weight excluding hydrogens is 434 g/mol. The van der Waals surface area contributed by atoms with Gasteiger partial charge in [0.15, 0.2) is 5.78 Å². The van der Waals surface area contributed by atoms with Crippen molar-refractivity contribution in [3.8, 4) is 0 Å². The second kappa shape index (κ2) is 9.86. The lowest BCUT2D eigenvalue weighted by atomic mass is 9.74. The summed E-state index contributed by atoms with van der Waals surface area (Å²) in [7, 11) is 1.78. The summed E-state index contributed by atoms with van der Waals surface area (Å²) in [5.41, 5.74) is 3.63. The van der Waals surface area contributed by atoms with Gasteiger partial charge in [-0.3, -0.25) is 14.5 Å². The van der Waals surface area contributed by atoms with Crippen molar-refractivity contribution in [3.63, 3.8) is 0 Å². The van der Waals surface area contributed by atoms with E-state index >= 15 is 0 Å². The van der Waals surface area contributed by atoms with Crippen LogP contribution in [0.2, 0.25) is 5.02 Å². The molecule has 1 unspecified atom stereocenters. The molecule has 5 nitrogen and oxygen atoms in total. The molecular formula is C27H34ClN3O2. The molecule has 2 aliphatic rings. The van der Waals surface area contributed by atoms with Gasteiger partial charge in [0.2, 0.25) is 5.91 Å². The Morgan fingerprint density at radius 2 is 1.79 bits per heavy atom. The van der Waals surface area contributed by atoms with Crippen LogP contribution in [0.3, 0.4) is 0 Å². The first-order valence-corrected chi connectivity index (χ1v) is 12.3. The quantitative estimate of drug-likeness (QED) is 0.645. The van der Waals surface area contributed by atoms with E-state index in [2.05, 4.69) is 41.8 Å². The number of likely N-dealkylation sites (N-methyl/N-ethyl adjacent to an activating group) is 1. The molecule has 0 radical (unpaired) electrons. The number of benzene rings is 2. The van der Waals surface area contributed by atoms with Crippen molar-refractivity contribution in [2.75, 3.05) is 44.7 Å². The highest BCUT2D eigenvalue weighted by atomic mass is 35.5. The fourth-order valence-corrected chi connectivity index (χ4v) is 5.74. The largest absolute Gasteiger partial charge is 0.369 e. The molecule has 2 fully saturated rings. The number of carbonyl (C=O) groups excluding carboxylic acids is 2. The zero-order valence-corrected chi connectivity index (χ0v) is 20.7. The number of nitrogens with zero attached hydrogens (tertiary/aromatic N) is 3. The van der Waals surface area contributed by atoms with Crippen LogP contribution in [-0.2, 0) is 15.1 Å². The van der Waals surface area contributed by atoms with E-state index in [0.717, 1.165) is 44.6 Å². The Kier molecular flexibility index (Phi) is 7.10. The fraction of sp³-hybridized carbons (Fsp3) is 0.481. The van der Waals surface area contributed by atoms with Crippen molar-refractivity contribution < 1.29 is 9.59 Å². The number of hydrogen-bond acceptors (Lipinski definition) is 4. The number of rotatable bonds is 5. The first-order chi connectivity index (χ1) is 15.8. The molecule has 1 heterocycles. The summed E-state index contributed by atoms with van der Waals surface area (Å²) >= 11 is 6.54. The van der Waals surface area contributed by atoms with Crippen LogP contribution in [0.25, 0.3) is 0 Å². The molecule has 1 amide bonds. The van der Waals surface area contributed by atoms with Crippen molar-refractivity contribution in [2.45, 2.75) is 45.1 Å². The van der Waals surface area contributed by atoms with E-state index in [1.165, 1.54) is 16.8 Å². The molecule has 2 aromatic rings. The normalized spacial score (nSPS) is 21.8. The van der Waals surface area contributed by atoms with Gasteiger partial charge in [-0.15, -0.1) is 0 Å². The van der Waals surface area contributed by atoms with E-state index in [4.69, 9.17) is 11.6 Å². The predicted molar refractivity (Wildman–Crippen MR) is 134 cm³/mol. The molecule has 0 N–H and O–H groups in total. The highest BCUT2D eigenvalue weighted by molar-refractivity contribution is 6.31. The number of hydrogen-bond donors (Lipinski definition) is 0. The average molecular weight is 468 g/mol. The van der Waals surface area contributed by atoms with Crippen LogP contribution in [-0.4, -0.2) is 61.3 Å². The lowest BCUT2D eigenvalue weighted by molar-refractivity contribution is -0.148. The van der Waals surface area contributed by atoms with E-state index in [0.29, 0.717) is 24.4 Å². The summed E-state index contributed by atoms with van der Waals surface area (Å²) in [6, 6.07) is 14.0. The van der Waals surface area contributed by atoms with E-state index in [1.807, 2.05) is 24.3 Å². The zero-order chi connectivity index (χ0) is 23.6. The summed E-state index contributed by atoms with van der Waals surface area (Å²) in [6.07, 6.45) is 2.88. The Hall–Kier alpha value is -2.37. The fourth-order valence-electron chi connectivity index (χ4n) is 5.45. The van der Waals surface area contributed by atoms with Crippen LogP contribution >= 0.6 is 11.6 Å². The second-order valence-corrected chi connectivity index (χ2v) is 9.88. The summed E-state index contributed by atoms with van der Waals surface area (Å²) in [6.45, 7) is 7.99. The summed E-state index contributed by atoms with van der Waals surface area (Å²) < 4.78 is 0. The number of aryl methyl sites for hydroxylation is 2. The summed E-state index contributed by atoms with van der Waals surface area (Å²) in [5.74, 6) is 0.0718. The van der Waals surface area contributed by atoms with Gasteiger partial charge >= 0.3 is 0 Å². The van der Waals surface area contributed by atoms with Crippen molar-refractivity contribution >= 4 is 29.0 Å². The van der Waals surface area contributed by atoms with Crippen molar-refractivity contribution in [1.82, 2.24) is 9.80 Å². The molecule has 0 bridgehead atoms. The predicted octanol–water partition coefficient (Wildman–Crippen LogP) is 4.58. The smallest absolute Gasteiger partial charge is 0.237 e. The van der Waals surface area contributed by atoms with Crippen LogP contribution in [0.5, 0.6) is 0 Å². The van der Waals surface area contributed by atoms with Crippen LogP contribution in [0.4, 0.5) is 5.69 Å². The summed E-state index contributed by atoms with van der Waals surface area (Å²) in [4.78, 5) is 33.0. The van der Waals surface area contributed by atoms with Crippen LogP contribution in [0.15, 0.2) is 42.5 Å². The van der Waals surface area contributed by atoms with Crippen LogP contribution < -0.4 is 4.90 Å². The molecule has 4 rings (SSSR count). The third-order valence-electron chi connectivity index (χ3n) is 7.34. The van der Waals surface area contributed by atoms with E-state index in [1.54, 1.807) is 11.9 Å². The van der Waals surface area contributed by atoms with Gasteiger partial charge in [0.05, 0.1) is 6.54 Å². The molecule has 1 aliphatic carbocycles. The molecule has 1 atom stereocenters. The lowest BCUT2D eigenvalue weighted by Crippen LogP contribution is -2.57. The Bertz CT molecular complexity index is 1030. The van der Waals surface area contributed by atoms with Gasteiger partial charge in [-0.25, -0.2) is 0 Å². The second-order valence-electron chi connectivity index (χ2n) is 9.48. The SMILES string of the molecule is Cc1ccc(N2CCN(CC(=O)N(C)C3(c4ccccc4Cl)CCCCC3=O)CC2)c(C)c1. The molecule has 0 spiro atoms. The van der Waals surface area contributed by atoms with Gasteiger partial charge in [-0.2, -0.15) is 0 Å². The molecule has 2 aromatic carbocycles. The highest BCUT2D eigenvalue weighted by Crippen LogP contribution is 2.42. The molecule has 0 aromatic heterocycles. The van der Waals surface area contributed by atoms with Gasteiger partial charge in [0.25, 0.3) is 0 Å². The molecule has 33 heavy (non-hydrogen) atoms. The van der Waals surface area contributed by atoms with Crippen LogP contribution in [0.1, 0.15) is 42.4 Å². The maximum absolute atomic E-state index is 13.5. The first kappa shape index (κ1) is 23.8. The lowest BCUT2D eigenvalue weighted by Gasteiger charge is -2.45. The van der Waals surface area contributed by atoms with E-state index < -0.39 is 5.54 Å². The topological polar surface area (TPSA) is 43.9 Å². The average Bonchev–Trinajstić information content (AvgIpc) is 2.80. The number of ketones is 1. The van der Waals surface area contributed by atoms with E-state index in [9.17, 15) is 9.59 Å². The number of Topliss-reactive ketones (excluding diaryl/α,β-unsaturated/α-hetero) is 1. The van der Waals surface area contributed by atoms with Crippen molar-refractivity contribution in [3.05, 3.63) is 64.2 Å². The number of piperazine rings is 1. The molecule has 1 aliphatic heterocycles. The van der Waals surface area contributed by atoms with Gasteiger partial charge in [0, 0.05) is 55.9 Å². The Morgan fingerprint density at radius 1 is 1.06 bits per heavy atom. The number of halogens is 1. The maximum atomic E-state index is 13.5. The van der Waals surface area contributed by atoms with Crippen LogP contribution in [0, 0.1) is 13.8 Å². The molecule has 6 heteroatoms. The minimum absolute atomic E-state index is 0.0230. The monoisotopic (exact) mass is 467 g/mol. The van der Waals surface area contributed by atoms with Crippen molar-refractivity contribution in [1.29, 1.82) is 0 Å². The third-order valence-corrected chi connectivity index (χ3v) is 7.67. The molecule has 1 saturated carbocycles. The standard InChI is InChI=1S/C27H34ClN3O2/c1-20-11-12-24(21(2)18-20)31-16-14-30(15-17-31)19-26(33)29(3)27(13-7-6-10-25(27)32)22-8-4-5-9-23(22)28/h4-5,8-9,11-12,18H,6-7,10,13-17,19H2,1-3H3. The Morgan fingerprint density at radius 3 is 2.45 bits per heavy atom. The summed E-state index contributed by atoms with van der Waals surface area (Å²) in [5, 5.41) is 0.550. The highest BCUT2D eigenvalue weighted by Gasteiger charge is 2.48. The molecule has 1 saturated heterocycles.